The molecule has 11 nitrogen and oxygen atoms in total. The van der Waals surface area contributed by atoms with Crippen LogP contribution >= 0.6 is 0 Å². The largest absolute Gasteiger partial charge is 1.00 e. The molecule has 0 bridgehead atoms. The quantitative estimate of drug-likeness (QED) is 0.138. The fourth-order valence-corrected chi connectivity index (χ4v) is 0.948. The van der Waals surface area contributed by atoms with Crippen molar-refractivity contribution in [1.29, 1.82) is 0 Å². The molecule has 0 saturated heterocycles. The van der Waals surface area contributed by atoms with Gasteiger partial charge in [-0.1, -0.05) is 12.2 Å². The van der Waals surface area contributed by atoms with Gasteiger partial charge in [0.05, 0.1) is 0 Å². The zero-order valence-electron chi connectivity index (χ0n) is 13.4. The summed E-state index contributed by atoms with van der Waals surface area (Å²) in [4.78, 5) is 40.4. The summed E-state index contributed by atoms with van der Waals surface area (Å²) >= 11 is 0. The molecule has 0 aliphatic carbocycles. The Hall–Kier alpha value is -2.10. The third kappa shape index (κ3) is 21.9. The Balaban J connectivity index is -0.000000141. The number of carbonyl (C=O) groups is 4. The summed E-state index contributed by atoms with van der Waals surface area (Å²) < 4.78 is 0. The summed E-state index contributed by atoms with van der Waals surface area (Å²) in [6, 6.07) is 0. The zero-order chi connectivity index (χ0) is 19.9. The first-order valence-corrected chi connectivity index (χ1v) is 6.07. The number of rotatable bonds is 8. The maximum Gasteiger partial charge on any atom is 1.00 e. The van der Waals surface area contributed by atoms with Crippen LogP contribution in [0.1, 0.15) is 12.8 Å². The smallest absolute Gasteiger partial charge is 0.832 e. The van der Waals surface area contributed by atoms with Gasteiger partial charge in [0.2, 0.25) is 0 Å². The first-order chi connectivity index (χ1) is 10.9. The molecule has 136 valence electrons. The van der Waals surface area contributed by atoms with Crippen molar-refractivity contribution in [3.8, 4) is 0 Å². The summed E-state index contributed by atoms with van der Waals surface area (Å²) in [5, 5.41) is 55.7. The van der Waals surface area contributed by atoms with Crippen LogP contribution in [0.4, 0.5) is 0 Å². The molecule has 0 atom stereocenters. The number of carboxylic acids is 4. The van der Waals surface area contributed by atoms with Crippen molar-refractivity contribution < 1.29 is 73.5 Å². The summed E-state index contributed by atoms with van der Waals surface area (Å²) in [6.45, 7) is 6.48. The molecule has 0 radical (unpaired) electrons. The van der Waals surface area contributed by atoms with E-state index in [-0.39, 0.29) is 31.7 Å². The van der Waals surface area contributed by atoms with Gasteiger partial charge in [0.1, 0.15) is 0 Å². The molecule has 0 amide bonds. The van der Waals surface area contributed by atoms with E-state index in [1.54, 1.807) is 0 Å². The molecule has 0 aliphatic heterocycles. The third-order valence-electron chi connectivity index (χ3n) is 2.00. The number of allylic oxidation sites excluding steroid dienone is 2. The van der Waals surface area contributed by atoms with Gasteiger partial charge in [0, 0.05) is 0 Å². The topological polar surface area (TPSA) is 213 Å². The SMILES string of the molecule is C=CCC(C(=O)O)C(=O)O.C=CCC(C(=O)O)C(=O)O.[Li+].[O-]B(O)O. The van der Waals surface area contributed by atoms with Crippen molar-refractivity contribution in [2.45, 2.75) is 12.8 Å². The van der Waals surface area contributed by atoms with Crippen LogP contribution in [0.3, 0.4) is 0 Å². The van der Waals surface area contributed by atoms with E-state index in [0.717, 1.165) is 0 Å². The normalized spacial score (nSPS) is 8.52. The van der Waals surface area contributed by atoms with Crippen LogP contribution in [0.2, 0.25) is 0 Å². The average Bonchev–Trinajstić information content (AvgIpc) is 2.40. The molecule has 0 aliphatic rings. The van der Waals surface area contributed by atoms with Gasteiger partial charge in [-0.05, 0) is 12.8 Å². The van der Waals surface area contributed by atoms with Crippen LogP contribution in [0.5, 0.6) is 0 Å². The van der Waals surface area contributed by atoms with Gasteiger partial charge in [-0.2, -0.15) is 0 Å². The zero-order valence-corrected chi connectivity index (χ0v) is 13.4. The second-order valence-electron chi connectivity index (χ2n) is 3.83. The second kappa shape index (κ2) is 18.2. The van der Waals surface area contributed by atoms with E-state index in [4.69, 9.17) is 35.5 Å². The number of carboxylic acid groups (broad SMARTS) is 4. The molecule has 0 unspecified atom stereocenters. The molecular formula is C12H18BLiO11. The van der Waals surface area contributed by atoms with Crippen molar-refractivity contribution in [1.82, 2.24) is 0 Å². The van der Waals surface area contributed by atoms with E-state index in [2.05, 4.69) is 13.2 Å². The van der Waals surface area contributed by atoms with E-state index >= 15 is 0 Å². The van der Waals surface area contributed by atoms with Crippen molar-refractivity contribution in [3.63, 3.8) is 0 Å². The minimum absolute atomic E-state index is 0. The summed E-state index contributed by atoms with van der Waals surface area (Å²) in [5.41, 5.74) is 0. The van der Waals surface area contributed by atoms with E-state index in [1.807, 2.05) is 0 Å². The molecule has 0 saturated carbocycles. The molecule has 0 spiro atoms. The monoisotopic (exact) mass is 356 g/mol. The third-order valence-corrected chi connectivity index (χ3v) is 2.00. The molecule has 0 rings (SSSR count). The number of hydrogen-bond acceptors (Lipinski definition) is 7. The van der Waals surface area contributed by atoms with E-state index in [0.29, 0.717) is 0 Å². The Morgan fingerprint density at radius 3 is 1.00 bits per heavy atom. The summed E-state index contributed by atoms with van der Waals surface area (Å²) in [5.74, 6) is -8.01. The molecular weight excluding hydrogens is 338 g/mol. The van der Waals surface area contributed by atoms with Crippen LogP contribution in [0, 0.1) is 11.8 Å². The standard InChI is InChI=1S/2C6H8O4.BH2O3.Li/c2*1-2-3-4(5(7)8)6(9)10;2-1(3)4;/h2*2,4H,1,3H2,(H,7,8)(H,9,10);2-3H;/q;;-1;+1. The van der Waals surface area contributed by atoms with Crippen LogP contribution < -0.4 is 23.9 Å². The minimum atomic E-state index is -2.42. The first-order valence-electron chi connectivity index (χ1n) is 6.07. The molecule has 13 heteroatoms. The van der Waals surface area contributed by atoms with Crippen molar-refractivity contribution >= 4 is 31.2 Å². The van der Waals surface area contributed by atoms with Gasteiger partial charge in [-0.15, -0.1) is 13.2 Å². The molecule has 6 N–H and O–H groups in total. The predicted octanol–water partition coefficient (Wildman–Crippen LogP) is -4.98. The molecule has 0 aromatic heterocycles. The van der Waals surface area contributed by atoms with Crippen LogP contribution in [0.25, 0.3) is 0 Å². The fourth-order valence-electron chi connectivity index (χ4n) is 0.948. The van der Waals surface area contributed by atoms with Gasteiger partial charge < -0.3 is 35.5 Å². The first kappa shape index (κ1) is 30.7. The maximum atomic E-state index is 10.1. The van der Waals surface area contributed by atoms with Gasteiger partial charge >= 0.3 is 50.1 Å². The fraction of sp³-hybridized carbons (Fsp3) is 0.333. The summed E-state index contributed by atoms with van der Waals surface area (Å²) in [6.07, 6.45) is 2.47. The van der Waals surface area contributed by atoms with Gasteiger partial charge in [-0.3, -0.25) is 19.2 Å². The van der Waals surface area contributed by atoms with E-state index in [9.17, 15) is 19.2 Å². The Morgan fingerprint density at radius 1 is 0.800 bits per heavy atom. The molecule has 25 heavy (non-hydrogen) atoms. The molecule has 0 fully saturated rings. The Kier molecular flexibility index (Phi) is 22.4. The molecule has 0 aromatic carbocycles. The Labute approximate surface area is 155 Å². The maximum absolute atomic E-state index is 10.1. The van der Waals surface area contributed by atoms with Crippen LogP contribution in [-0.4, -0.2) is 61.7 Å². The van der Waals surface area contributed by atoms with Crippen molar-refractivity contribution in [2.24, 2.45) is 11.8 Å². The predicted molar refractivity (Wildman–Crippen MR) is 77.3 cm³/mol. The molecule has 0 heterocycles. The van der Waals surface area contributed by atoms with E-state index in [1.165, 1.54) is 12.2 Å². The van der Waals surface area contributed by atoms with Gasteiger partial charge in [0.25, 0.3) is 0 Å². The number of hydrogen-bond donors (Lipinski definition) is 6. The number of aliphatic carboxylic acids is 4. The second-order valence-corrected chi connectivity index (χ2v) is 3.83. The van der Waals surface area contributed by atoms with Crippen LogP contribution in [-0.2, 0) is 19.2 Å². The Morgan fingerprint density at radius 2 is 0.960 bits per heavy atom. The van der Waals surface area contributed by atoms with Crippen molar-refractivity contribution in [3.05, 3.63) is 25.3 Å². The van der Waals surface area contributed by atoms with Gasteiger partial charge in [0.15, 0.2) is 11.8 Å². The van der Waals surface area contributed by atoms with Gasteiger partial charge in [-0.25, -0.2) is 0 Å². The molecule has 0 aromatic rings. The summed E-state index contributed by atoms with van der Waals surface area (Å²) in [7, 11) is -2.42. The van der Waals surface area contributed by atoms with E-state index < -0.39 is 43.0 Å². The minimum Gasteiger partial charge on any atom is -0.832 e. The average molecular weight is 356 g/mol. The van der Waals surface area contributed by atoms with Crippen molar-refractivity contribution in [2.75, 3.05) is 0 Å². The van der Waals surface area contributed by atoms with Crippen LogP contribution in [0.15, 0.2) is 25.3 Å². The Bertz CT molecular complexity index is 384.